The van der Waals surface area contributed by atoms with Crippen molar-refractivity contribution in [2.75, 3.05) is 0 Å². The number of carbonyl (C=O) groups excluding carboxylic acids is 1. The van der Waals surface area contributed by atoms with Crippen LogP contribution in [0.1, 0.15) is 31.4 Å². The molecule has 3 nitrogen and oxygen atoms in total. The number of hydrogen-bond donors (Lipinski definition) is 1. The van der Waals surface area contributed by atoms with Crippen molar-refractivity contribution in [3.63, 3.8) is 0 Å². The molecule has 0 saturated heterocycles. The van der Waals surface area contributed by atoms with E-state index in [2.05, 4.69) is 9.97 Å². The summed E-state index contributed by atoms with van der Waals surface area (Å²) >= 11 is 5.77. The number of hydrogen-bond acceptors (Lipinski definition) is 2. The number of H-pyrrole nitrogens is 1. The van der Waals surface area contributed by atoms with Gasteiger partial charge in [0.05, 0.1) is 11.0 Å². The molecular weight excluding hydrogens is 212 g/mol. The highest BCUT2D eigenvalue weighted by molar-refractivity contribution is 6.31. The first-order chi connectivity index (χ1) is 7.16. The molecular formula is C11H13ClN2O. The van der Waals surface area contributed by atoms with Gasteiger partial charge >= 0.3 is 0 Å². The summed E-state index contributed by atoms with van der Waals surface area (Å²) < 4.78 is 0. The zero-order valence-corrected chi connectivity index (χ0v) is 9.72. The minimum absolute atomic E-state index is 0.0766. The van der Waals surface area contributed by atoms with Gasteiger partial charge in [-0.1, -0.05) is 25.4 Å². The number of nitrogens with zero attached hydrogens (tertiary/aromatic N) is 1. The highest BCUT2D eigenvalue weighted by Crippen LogP contribution is 2.17. The lowest BCUT2D eigenvalue weighted by Crippen LogP contribution is -1.93. The minimum Gasteiger partial charge on any atom is -0.335 e. The number of fused-ring (bicyclic) bond motifs is 1. The predicted octanol–water partition coefficient (Wildman–Crippen LogP) is 3.45. The van der Waals surface area contributed by atoms with Gasteiger partial charge in [-0.25, -0.2) is 4.98 Å². The maximum atomic E-state index is 11.0. The Hall–Kier alpha value is -1.35. The van der Waals surface area contributed by atoms with Gasteiger partial charge in [0.15, 0.2) is 11.6 Å². The molecule has 2 aromatic rings. The molecule has 1 N–H and O–H groups in total. The maximum Gasteiger partial charge on any atom is 0.195 e. The Balaban J connectivity index is 0.000000531. The van der Waals surface area contributed by atoms with Crippen LogP contribution in [0.25, 0.3) is 11.0 Å². The molecule has 0 aliphatic carbocycles. The lowest BCUT2D eigenvalue weighted by Gasteiger charge is -1.87. The number of ketones is 1. The van der Waals surface area contributed by atoms with Crippen LogP contribution < -0.4 is 0 Å². The molecule has 0 amide bonds. The van der Waals surface area contributed by atoms with Gasteiger partial charge in [-0.2, -0.15) is 0 Å². The van der Waals surface area contributed by atoms with Crippen LogP contribution in [0.4, 0.5) is 0 Å². The van der Waals surface area contributed by atoms with E-state index in [1.165, 1.54) is 6.92 Å². The van der Waals surface area contributed by atoms with Crippen molar-refractivity contribution in [3.05, 3.63) is 29.0 Å². The lowest BCUT2D eigenvalue weighted by molar-refractivity contribution is 0.100. The predicted molar refractivity (Wildman–Crippen MR) is 62.5 cm³/mol. The van der Waals surface area contributed by atoms with E-state index in [1.807, 2.05) is 13.8 Å². The summed E-state index contributed by atoms with van der Waals surface area (Å²) in [4.78, 5) is 18.0. The third kappa shape index (κ3) is 2.57. The van der Waals surface area contributed by atoms with E-state index in [1.54, 1.807) is 18.2 Å². The van der Waals surface area contributed by atoms with Crippen molar-refractivity contribution < 1.29 is 4.79 Å². The van der Waals surface area contributed by atoms with E-state index < -0.39 is 0 Å². The second-order valence-corrected chi connectivity index (χ2v) is 3.24. The Morgan fingerprint density at radius 1 is 1.40 bits per heavy atom. The average Bonchev–Trinajstić information content (AvgIpc) is 2.63. The molecule has 0 atom stereocenters. The number of carbonyl (C=O) groups is 1. The van der Waals surface area contributed by atoms with Crippen LogP contribution >= 0.6 is 11.6 Å². The quantitative estimate of drug-likeness (QED) is 0.755. The number of aromatic amines is 1. The number of imidazole rings is 1. The molecule has 0 bridgehead atoms. The number of halogens is 1. The molecule has 15 heavy (non-hydrogen) atoms. The third-order valence-corrected chi connectivity index (χ3v) is 2.01. The van der Waals surface area contributed by atoms with Crippen LogP contribution in [0, 0.1) is 0 Å². The highest BCUT2D eigenvalue weighted by atomic mass is 35.5. The molecule has 4 heteroatoms. The van der Waals surface area contributed by atoms with Crippen molar-refractivity contribution >= 4 is 28.4 Å². The molecule has 0 aliphatic heterocycles. The largest absolute Gasteiger partial charge is 0.335 e. The Kier molecular flexibility index (Phi) is 3.86. The molecule has 1 heterocycles. The topological polar surface area (TPSA) is 45.8 Å². The average molecular weight is 225 g/mol. The molecule has 80 valence electrons. The van der Waals surface area contributed by atoms with Crippen LogP contribution in [-0.4, -0.2) is 15.8 Å². The summed E-state index contributed by atoms with van der Waals surface area (Å²) in [6.45, 7) is 5.47. The molecule has 1 aromatic heterocycles. The maximum absolute atomic E-state index is 11.0. The summed E-state index contributed by atoms with van der Waals surface area (Å²) in [5.41, 5.74) is 1.55. The number of aromatic nitrogens is 2. The van der Waals surface area contributed by atoms with Crippen molar-refractivity contribution in [2.24, 2.45) is 0 Å². The van der Waals surface area contributed by atoms with E-state index in [0.29, 0.717) is 10.8 Å². The second kappa shape index (κ2) is 4.94. The van der Waals surface area contributed by atoms with E-state index in [4.69, 9.17) is 11.6 Å². The van der Waals surface area contributed by atoms with E-state index in [0.717, 1.165) is 11.0 Å². The normalized spacial score (nSPS) is 9.60. The van der Waals surface area contributed by atoms with Crippen LogP contribution in [0.5, 0.6) is 0 Å². The molecule has 0 saturated carbocycles. The van der Waals surface area contributed by atoms with Gasteiger partial charge in [-0.3, -0.25) is 4.79 Å². The highest BCUT2D eigenvalue weighted by Gasteiger charge is 2.05. The van der Waals surface area contributed by atoms with Gasteiger partial charge in [-0.15, -0.1) is 0 Å². The van der Waals surface area contributed by atoms with E-state index in [-0.39, 0.29) is 5.78 Å². The van der Waals surface area contributed by atoms with Crippen molar-refractivity contribution in [2.45, 2.75) is 20.8 Å². The van der Waals surface area contributed by atoms with Crippen molar-refractivity contribution in [1.82, 2.24) is 9.97 Å². The smallest absolute Gasteiger partial charge is 0.195 e. The second-order valence-electron chi connectivity index (χ2n) is 2.80. The zero-order valence-electron chi connectivity index (χ0n) is 8.97. The SMILES string of the molecule is CC.CC(=O)c1nc2ccc(Cl)cc2[nH]1. The van der Waals surface area contributed by atoms with E-state index in [9.17, 15) is 4.79 Å². The fraction of sp³-hybridized carbons (Fsp3) is 0.273. The molecule has 0 unspecified atom stereocenters. The van der Waals surface area contributed by atoms with Gasteiger partial charge in [-0.05, 0) is 18.2 Å². The van der Waals surface area contributed by atoms with Crippen LogP contribution in [0.3, 0.4) is 0 Å². The van der Waals surface area contributed by atoms with Gasteiger partial charge in [0.2, 0.25) is 0 Å². The van der Waals surface area contributed by atoms with Gasteiger partial charge < -0.3 is 4.98 Å². The fourth-order valence-corrected chi connectivity index (χ4v) is 1.32. The summed E-state index contributed by atoms with van der Waals surface area (Å²) in [5, 5.41) is 0.631. The van der Waals surface area contributed by atoms with Crippen molar-refractivity contribution in [3.8, 4) is 0 Å². The van der Waals surface area contributed by atoms with Crippen LogP contribution in [0.15, 0.2) is 18.2 Å². The number of nitrogens with one attached hydrogen (secondary N) is 1. The van der Waals surface area contributed by atoms with Crippen molar-refractivity contribution in [1.29, 1.82) is 0 Å². The monoisotopic (exact) mass is 224 g/mol. The first-order valence-corrected chi connectivity index (χ1v) is 5.21. The fourth-order valence-electron chi connectivity index (χ4n) is 1.15. The first-order valence-electron chi connectivity index (χ1n) is 4.83. The van der Waals surface area contributed by atoms with E-state index >= 15 is 0 Å². The summed E-state index contributed by atoms with van der Waals surface area (Å²) in [6, 6.07) is 5.27. The van der Waals surface area contributed by atoms with Crippen LogP contribution in [-0.2, 0) is 0 Å². The van der Waals surface area contributed by atoms with Gasteiger partial charge in [0.25, 0.3) is 0 Å². The zero-order chi connectivity index (χ0) is 11.4. The number of benzene rings is 1. The number of Topliss-reactive ketones (excluding diaryl/α,β-unsaturated/α-hetero) is 1. The van der Waals surface area contributed by atoms with Gasteiger partial charge in [0, 0.05) is 11.9 Å². The molecule has 0 aliphatic rings. The Labute approximate surface area is 93.5 Å². The molecule has 2 rings (SSSR count). The Morgan fingerprint density at radius 3 is 2.67 bits per heavy atom. The third-order valence-electron chi connectivity index (χ3n) is 1.78. The molecule has 0 fully saturated rings. The molecule has 0 spiro atoms. The molecule has 1 aromatic carbocycles. The van der Waals surface area contributed by atoms with Crippen LogP contribution in [0.2, 0.25) is 5.02 Å². The summed E-state index contributed by atoms with van der Waals surface area (Å²) in [7, 11) is 0. The number of rotatable bonds is 1. The summed E-state index contributed by atoms with van der Waals surface area (Å²) in [6.07, 6.45) is 0. The lowest BCUT2D eigenvalue weighted by atomic mass is 10.3. The first kappa shape index (κ1) is 11.7. The minimum atomic E-state index is -0.0766. The molecule has 0 radical (unpaired) electrons. The Bertz CT molecular complexity index is 476. The summed E-state index contributed by atoms with van der Waals surface area (Å²) in [5.74, 6) is 0.296. The Morgan fingerprint density at radius 2 is 2.07 bits per heavy atom. The van der Waals surface area contributed by atoms with Gasteiger partial charge in [0.1, 0.15) is 0 Å². The standard InChI is InChI=1S/C9H7ClN2O.C2H6/c1-5(13)9-11-7-3-2-6(10)4-8(7)12-9;1-2/h2-4H,1H3,(H,11,12);1-2H3.